The van der Waals surface area contributed by atoms with Crippen molar-refractivity contribution >= 4 is 38.9 Å². The van der Waals surface area contributed by atoms with E-state index >= 15 is 0 Å². The zero-order chi connectivity index (χ0) is 37.0. The second-order valence-corrected chi connectivity index (χ2v) is 14.5. The van der Waals surface area contributed by atoms with Crippen molar-refractivity contribution in [2.45, 2.75) is 12.3 Å². The average Bonchev–Trinajstić information content (AvgIpc) is 3.81. The average molecular weight is 718 g/mol. The van der Waals surface area contributed by atoms with E-state index < -0.39 is 0 Å². The lowest BCUT2D eigenvalue weighted by molar-refractivity contribution is 0.591. The van der Waals surface area contributed by atoms with Crippen molar-refractivity contribution in [3.63, 3.8) is 0 Å². The number of allylic oxidation sites excluding steroid dienone is 1. The highest BCUT2D eigenvalue weighted by Gasteiger charge is 2.23. The van der Waals surface area contributed by atoms with Gasteiger partial charge in [0.25, 0.3) is 0 Å². The van der Waals surface area contributed by atoms with Gasteiger partial charge in [-0.15, -0.1) is 0 Å². The molecule has 56 heavy (non-hydrogen) atoms. The summed E-state index contributed by atoms with van der Waals surface area (Å²) in [7, 11) is 0. The maximum Gasteiger partial charge on any atom is 0.135 e. The summed E-state index contributed by atoms with van der Waals surface area (Å²) in [4.78, 5) is 9.44. The molecule has 4 heteroatoms. The van der Waals surface area contributed by atoms with E-state index in [1.165, 1.54) is 27.3 Å². The highest BCUT2D eigenvalue weighted by Crippen LogP contribution is 2.42. The van der Waals surface area contributed by atoms with Crippen LogP contribution in [0.25, 0.3) is 89.3 Å². The second kappa shape index (κ2) is 13.2. The second-order valence-electron chi connectivity index (χ2n) is 14.5. The van der Waals surface area contributed by atoms with Crippen LogP contribution in [0.4, 0.5) is 0 Å². The highest BCUT2D eigenvalue weighted by atomic mass is 16.3. The number of hydrogen-bond acceptors (Lipinski definition) is 3. The Kier molecular flexibility index (Phi) is 7.59. The highest BCUT2D eigenvalue weighted by molar-refractivity contribution is 6.12. The molecule has 0 radical (unpaired) electrons. The standard InChI is InChI=1S/C52H35N3O/c1-2-12-34(13-3-1)35-22-26-51-45(30-35)46-33-38(23-27-52(46)56-51)55-49-24-20-36(39-14-4-6-16-41(39)47-18-8-10-28-53-47)31-43(49)44-32-37(21-25-50(44)55)40-15-5-7-17-42(40)48-19-9-11-29-54-48/h1-29,31-33,35H,30H2. The van der Waals surface area contributed by atoms with E-state index in [0.717, 1.165) is 79.3 Å². The van der Waals surface area contributed by atoms with Gasteiger partial charge in [0.15, 0.2) is 0 Å². The summed E-state index contributed by atoms with van der Waals surface area (Å²) in [5.41, 5.74) is 15.6. The normalized spacial score (nSPS) is 13.8. The van der Waals surface area contributed by atoms with Crippen molar-refractivity contribution in [1.82, 2.24) is 14.5 Å². The molecular weight excluding hydrogens is 683 g/mol. The minimum atomic E-state index is 0.307. The third kappa shape index (κ3) is 5.38. The molecule has 11 rings (SSSR count). The van der Waals surface area contributed by atoms with Gasteiger partial charge in [-0.3, -0.25) is 9.97 Å². The Bertz CT molecular complexity index is 2960. The lowest BCUT2D eigenvalue weighted by Crippen LogP contribution is -2.04. The van der Waals surface area contributed by atoms with E-state index in [4.69, 9.17) is 14.4 Å². The Balaban J connectivity index is 1.12. The van der Waals surface area contributed by atoms with Crippen molar-refractivity contribution in [2.75, 3.05) is 0 Å². The predicted molar refractivity (Wildman–Crippen MR) is 230 cm³/mol. The first-order chi connectivity index (χ1) is 27.8. The topological polar surface area (TPSA) is 43.9 Å². The first kappa shape index (κ1) is 32.2. The summed E-state index contributed by atoms with van der Waals surface area (Å²) in [6.45, 7) is 0. The molecule has 0 fully saturated rings. The zero-order valence-corrected chi connectivity index (χ0v) is 30.5. The van der Waals surface area contributed by atoms with E-state index in [0.29, 0.717) is 5.92 Å². The Hall–Kier alpha value is -7.30. The molecule has 0 spiro atoms. The van der Waals surface area contributed by atoms with Crippen LogP contribution in [-0.2, 0) is 6.42 Å². The van der Waals surface area contributed by atoms with Gasteiger partial charge >= 0.3 is 0 Å². The summed E-state index contributed by atoms with van der Waals surface area (Å²) in [5.74, 6) is 1.26. The summed E-state index contributed by atoms with van der Waals surface area (Å²) in [6, 6.07) is 60.5. The number of furan rings is 1. The molecule has 6 aromatic carbocycles. The monoisotopic (exact) mass is 717 g/mol. The van der Waals surface area contributed by atoms with Crippen LogP contribution >= 0.6 is 0 Å². The molecule has 0 amide bonds. The van der Waals surface area contributed by atoms with Gasteiger partial charge < -0.3 is 8.98 Å². The maximum absolute atomic E-state index is 6.44. The molecule has 4 nitrogen and oxygen atoms in total. The van der Waals surface area contributed by atoms with Crippen molar-refractivity contribution in [3.05, 3.63) is 205 Å². The Morgan fingerprint density at radius 2 is 1.07 bits per heavy atom. The molecule has 0 bridgehead atoms. The molecule has 1 atom stereocenters. The molecule has 1 aliphatic carbocycles. The molecule has 264 valence electrons. The minimum absolute atomic E-state index is 0.307. The molecule has 4 heterocycles. The smallest absolute Gasteiger partial charge is 0.135 e. The fraction of sp³-hybridized carbons (Fsp3) is 0.0385. The lowest BCUT2D eigenvalue weighted by Gasteiger charge is -2.17. The number of fused-ring (bicyclic) bond motifs is 6. The first-order valence-electron chi connectivity index (χ1n) is 19.2. The van der Waals surface area contributed by atoms with Crippen molar-refractivity contribution < 1.29 is 4.42 Å². The van der Waals surface area contributed by atoms with E-state index in [1.54, 1.807) is 0 Å². The zero-order valence-electron chi connectivity index (χ0n) is 30.5. The molecule has 1 unspecified atom stereocenters. The number of nitrogens with zero attached hydrogens (tertiary/aromatic N) is 3. The van der Waals surface area contributed by atoms with Crippen LogP contribution < -0.4 is 0 Å². The van der Waals surface area contributed by atoms with Crippen LogP contribution in [0.2, 0.25) is 0 Å². The van der Waals surface area contributed by atoms with Crippen molar-refractivity contribution in [1.29, 1.82) is 0 Å². The molecule has 10 aromatic rings. The summed E-state index contributed by atoms with van der Waals surface area (Å²) >= 11 is 0. The third-order valence-electron chi connectivity index (χ3n) is 11.3. The van der Waals surface area contributed by atoms with Crippen LogP contribution in [0.3, 0.4) is 0 Å². The molecular formula is C52H35N3O. The molecule has 0 saturated carbocycles. The summed E-state index contributed by atoms with van der Waals surface area (Å²) < 4.78 is 8.86. The number of hydrogen-bond donors (Lipinski definition) is 0. The number of pyridine rings is 2. The van der Waals surface area contributed by atoms with Gasteiger partial charge in [-0.2, -0.15) is 0 Å². The maximum atomic E-state index is 6.44. The van der Waals surface area contributed by atoms with Gasteiger partial charge in [0.05, 0.1) is 22.4 Å². The molecule has 0 aliphatic heterocycles. The van der Waals surface area contributed by atoms with Crippen molar-refractivity contribution in [2.24, 2.45) is 0 Å². The van der Waals surface area contributed by atoms with Gasteiger partial charge in [-0.1, -0.05) is 109 Å². The van der Waals surface area contributed by atoms with Gasteiger partial charge in [-0.25, -0.2) is 0 Å². The van der Waals surface area contributed by atoms with E-state index in [9.17, 15) is 0 Å². The van der Waals surface area contributed by atoms with Crippen LogP contribution in [0.15, 0.2) is 193 Å². The van der Waals surface area contributed by atoms with E-state index in [-0.39, 0.29) is 0 Å². The SMILES string of the molecule is C1=CC(c2ccccc2)Cc2c1oc1ccc(-n3c4ccc(-c5ccccc5-c5ccccn5)cc4c4cc(-c5ccccc5-c5ccccn5)ccc43)cc21. The molecule has 4 aromatic heterocycles. The van der Waals surface area contributed by atoms with Crippen LogP contribution in [0.1, 0.15) is 22.8 Å². The van der Waals surface area contributed by atoms with Crippen LogP contribution in [-0.4, -0.2) is 14.5 Å². The van der Waals surface area contributed by atoms with Crippen molar-refractivity contribution in [3.8, 4) is 50.5 Å². The Morgan fingerprint density at radius 3 is 1.66 bits per heavy atom. The summed E-state index contributed by atoms with van der Waals surface area (Å²) in [6.07, 6.45) is 9.06. The van der Waals surface area contributed by atoms with Crippen LogP contribution in [0, 0.1) is 0 Å². The van der Waals surface area contributed by atoms with Gasteiger partial charge in [0, 0.05) is 56.8 Å². The molecule has 0 saturated heterocycles. The lowest BCUT2D eigenvalue weighted by atomic mass is 9.87. The third-order valence-corrected chi connectivity index (χ3v) is 11.3. The number of aromatic nitrogens is 3. The van der Waals surface area contributed by atoms with Crippen LogP contribution in [0.5, 0.6) is 0 Å². The Labute approximate surface area is 324 Å². The predicted octanol–water partition coefficient (Wildman–Crippen LogP) is 13.3. The Morgan fingerprint density at radius 1 is 0.500 bits per heavy atom. The molecule has 1 aliphatic rings. The number of rotatable bonds is 6. The first-order valence-corrected chi connectivity index (χ1v) is 19.2. The quantitative estimate of drug-likeness (QED) is 0.172. The van der Waals surface area contributed by atoms with E-state index in [1.807, 2.05) is 36.7 Å². The van der Waals surface area contributed by atoms with Gasteiger partial charge in [0.2, 0.25) is 0 Å². The fourth-order valence-electron chi connectivity index (χ4n) is 8.66. The van der Waals surface area contributed by atoms with Gasteiger partial charge in [-0.05, 0) is 107 Å². The van der Waals surface area contributed by atoms with E-state index in [2.05, 4.69) is 162 Å². The number of benzene rings is 6. The molecule has 0 N–H and O–H groups in total. The summed E-state index contributed by atoms with van der Waals surface area (Å²) in [5, 5.41) is 3.54. The fourth-order valence-corrected chi connectivity index (χ4v) is 8.66. The largest absolute Gasteiger partial charge is 0.456 e. The van der Waals surface area contributed by atoms with Gasteiger partial charge in [0.1, 0.15) is 11.3 Å². The minimum Gasteiger partial charge on any atom is -0.456 e.